The molecule has 0 saturated carbocycles. The zero-order valence-corrected chi connectivity index (χ0v) is 20.8. The van der Waals surface area contributed by atoms with Gasteiger partial charge in [-0.05, 0) is 72.2 Å². The molecule has 0 aliphatic carbocycles. The lowest BCUT2D eigenvalue weighted by atomic mass is 10.0. The number of nitrogens with zero attached hydrogens (tertiary/aromatic N) is 1. The standard InChI is InChI=1S/C29H23FN2O7/c1-3-4-20-13-18(15-24(38-2)25(20)39-16-17-5-7-19(8-6-17)28(35)36)14-23-26(33)31-29(37)32(27(23)34)22-11-9-21(30)10-12-22/h3,5-15H,1,4,16H2,2H3,(H,35,36)(H,31,33,37). The molecule has 198 valence electrons. The third-order valence-electron chi connectivity index (χ3n) is 5.82. The monoisotopic (exact) mass is 530 g/mol. The average molecular weight is 531 g/mol. The Morgan fingerprint density at radius 3 is 2.38 bits per heavy atom. The van der Waals surface area contributed by atoms with Crippen molar-refractivity contribution in [3.63, 3.8) is 0 Å². The van der Waals surface area contributed by atoms with Crippen LogP contribution >= 0.6 is 0 Å². The number of ether oxygens (including phenoxy) is 2. The number of allylic oxidation sites excluding steroid dienone is 1. The molecule has 2 N–H and O–H groups in total. The Hall–Kier alpha value is -5.25. The summed E-state index contributed by atoms with van der Waals surface area (Å²) in [7, 11) is 1.44. The van der Waals surface area contributed by atoms with Crippen LogP contribution in [0.4, 0.5) is 14.9 Å². The fourth-order valence-electron chi connectivity index (χ4n) is 3.94. The number of amides is 4. The first-order chi connectivity index (χ1) is 18.7. The number of carbonyl (C=O) groups excluding carboxylic acids is 3. The first kappa shape index (κ1) is 26.8. The Bertz CT molecular complexity index is 1500. The first-order valence-electron chi connectivity index (χ1n) is 11.7. The fourth-order valence-corrected chi connectivity index (χ4v) is 3.94. The number of carboxylic acid groups (broad SMARTS) is 1. The number of carbonyl (C=O) groups is 4. The molecule has 1 fully saturated rings. The van der Waals surface area contributed by atoms with E-state index in [0.717, 1.165) is 22.6 Å². The summed E-state index contributed by atoms with van der Waals surface area (Å²) in [4.78, 5) is 50.0. The highest BCUT2D eigenvalue weighted by Gasteiger charge is 2.37. The van der Waals surface area contributed by atoms with Crippen LogP contribution in [0.5, 0.6) is 11.5 Å². The lowest BCUT2D eigenvalue weighted by Gasteiger charge is -2.26. The maximum absolute atomic E-state index is 13.4. The Kier molecular flexibility index (Phi) is 7.85. The van der Waals surface area contributed by atoms with Crippen molar-refractivity contribution in [2.24, 2.45) is 0 Å². The quantitative estimate of drug-likeness (QED) is 0.237. The predicted octanol–water partition coefficient (Wildman–Crippen LogP) is 4.51. The van der Waals surface area contributed by atoms with E-state index in [2.05, 4.69) is 11.9 Å². The van der Waals surface area contributed by atoms with Crippen molar-refractivity contribution in [1.82, 2.24) is 5.32 Å². The van der Waals surface area contributed by atoms with Gasteiger partial charge in [0.1, 0.15) is 18.0 Å². The SMILES string of the molecule is C=CCc1cc(C=C2C(=O)NC(=O)N(c3ccc(F)cc3)C2=O)cc(OC)c1OCc1ccc(C(=O)O)cc1. The molecule has 4 amide bonds. The van der Waals surface area contributed by atoms with E-state index in [4.69, 9.17) is 14.6 Å². The Morgan fingerprint density at radius 1 is 1.08 bits per heavy atom. The van der Waals surface area contributed by atoms with Gasteiger partial charge in [-0.3, -0.25) is 14.9 Å². The number of nitrogens with one attached hydrogen (secondary N) is 1. The van der Waals surface area contributed by atoms with E-state index in [9.17, 15) is 23.6 Å². The van der Waals surface area contributed by atoms with E-state index >= 15 is 0 Å². The van der Waals surface area contributed by atoms with Gasteiger partial charge in [-0.15, -0.1) is 6.58 Å². The van der Waals surface area contributed by atoms with Crippen LogP contribution in [0.3, 0.4) is 0 Å². The molecule has 1 aliphatic heterocycles. The average Bonchev–Trinajstić information content (AvgIpc) is 2.91. The van der Waals surface area contributed by atoms with Crippen LogP contribution in [0.1, 0.15) is 27.0 Å². The number of anilines is 1. The second-order valence-electron chi connectivity index (χ2n) is 8.43. The lowest BCUT2D eigenvalue weighted by Crippen LogP contribution is -2.54. The summed E-state index contributed by atoms with van der Waals surface area (Å²) in [6.45, 7) is 3.89. The van der Waals surface area contributed by atoms with Crippen LogP contribution in [0, 0.1) is 5.82 Å². The van der Waals surface area contributed by atoms with Crippen molar-refractivity contribution >= 4 is 35.6 Å². The topological polar surface area (TPSA) is 122 Å². The largest absolute Gasteiger partial charge is 0.493 e. The maximum atomic E-state index is 13.4. The van der Waals surface area contributed by atoms with Gasteiger partial charge >= 0.3 is 12.0 Å². The molecule has 0 aromatic heterocycles. The van der Waals surface area contributed by atoms with Gasteiger partial charge in [-0.1, -0.05) is 18.2 Å². The van der Waals surface area contributed by atoms with Gasteiger partial charge in [-0.2, -0.15) is 0 Å². The van der Waals surface area contributed by atoms with Crippen molar-refractivity contribution in [3.8, 4) is 11.5 Å². The Labute approximate surface area is 222 Å². The summed E-state index contributed by atoms with van der Waals surface area (Å²) in [6, 6.07) is 13.3. The van der Waals surface area contributed by atoms with Crippen molar-refractivity contribution in [1.29, 1.82) is 0 Å². The molecule has 0 spiro atoms. The van der Waals surface area contributed by atoms with Gasteiger partial charge in [-0.25, -0.2) is 18.9 Å². The van der Waals surface area contributed by atoms with E-state index in [0.29, 0.717) is 29.0 Å². The number of halogens is 1. The summed E-state index contributed by atoms with van der Waals surface area (Å²) in [5.41, 5.74) is 1.75. The van der Waals surface area contributed by atoms with E-state index in [1.807, 2.05) is 0 Å². The third kappa shape index (κ3) is 5.85. The molecule has 0 unspecified atom stereocenters. The van der Waals surface area contributed by atoms with Crippen LogP contribution in [0.25, 0.3) is 6.08 Å². The normalized spacial score (nSPS) is 14.3. The molecule has 0 radical (unpaired) electrons. The van der Waals surface area contributed by atoms with Gasteiger partial charge in [0.25, 0.3) is 11.8 Å². The summed E-state index contributed by atoms with van der Waals surface area (Å²) in [6.07, 6.45) is 3.33. The van der Waals surface area contributed by atoms with Crippen LogP contribution in [-0.2, 0) is 22.6 Å². The smallest absolute Gasteiger partial charge is 0.335 e. The molecule has 10 heteroatoms. The van der Waals surface area contributed by atoms with Crippen LogP contribution in [0.2, 0.25) is 0 Å². The number of barbiturate groups is 1. The van der Waals surface area contributed by atoms with Crippen molar-refractivity contribution in [3.05, 3.63) is 107 Å². The van der Waals surface area contributed by atoms with E-state index in [1.54, 1.807) is 30.3 Å². The Morgan fingerprint density at radius 2 is 1.77 bits per heavy atom. The number of aromatic carboxylic acids is 1. The molecule has 9 nitrogen and oxygen atoms in total. The molecule has 1 aliphatic rings. The third-order valence-corrected chi connectivity index (χ3v) is 5.82. The van der Waals surface area contributed by atoms with Crippen molar-refractivity contribution in [2.75, 3.05) is 12.0 Å². The van der Waals surface area contributed by atoms with Gasteiger partial charge in [0.2, 0.25) is 0 Å². The second-order valence-corrected chi connectivity index (χ2v) is 8.43. The second kappa shape index (κ2) is 11.4. The molecule has 0 bridgehead atoms. The van der Waals surface area contributed by atoms with Gasteiger partial charge in [0.15, 0.2) is 11.5 Å². The van der Waals surface area contributed by atoms with Crippen LogP contribution in [0.15, 0.2) is 78.9 Å². The molecule has 1 heterocycles. The number of methoxy groups -OCH3 is 1. The zero-order chi connectivity index (χ0) is 28.1. The molecular formula is C29H23FN2O7. The molecule has 0 atom stereocenters. The zero-order valence-electron chi connectivity index (χ0n) is 20.8. The maximum Gasteiger partial charge on any atom is 0.335 e. The van der Waals surface area contributed by atoms with Crippen molar-refractivity contribution in [2.45, 2.75) is 13.0 Å². The minimum atomic E-state index is -1.03. The highest BCUT2D eigenvalue weighted by molar-refractivity contribution is 6.39. The van der Waals surface area contributed by atoms with Gasteiger partial charge in [0, 0.05) is 5.56 Å². The number of urea groups is 1. The highest BCUT2D eigenvalue weighted by atomic mass is 19.1. The first-order valence-corrected chi connectivity index (χ1v) is 11.7. The number of hydrogen-bond donors (Lipinski definition) is 2. The molecule has 4 rings (SSSR count). The fraction of sp³-hybridized carbons (Fsp3) is 0.103. The summed E-state index contributed by atoms with van der Waals surface area (Å²) >= 11 is 0. The van der Waals surface area contributed by atoms with E-state index in [1.165, 1.54) is 37.5 Å². The summed E-state index contributed by atoms with van der Waals surface area (Å²) in [5.74, 6) is -2.60. The summed E-state index contributed by atoms with van der Waals surface area (Å²) < 4.78 is 24.9. The predicted molar refractivity (Wildman–Crippen MR) is 140 cm³/mol. The summed E-state index contributed by atoms with van der Waals surface area (Å²) in [5, 5.41) is 11.2. The molecular weight excluding hydrogens is 507 g/mol. The van der Waals surface area contributed by atoms with E-state index < -0.39 is 29.6 Å². The molecule has 1 saturated heterocycles. The molecule has 3 aromatic carbocycles. The molecule has 39 heavy (non-hydrogen) atoms. The van der Waals surface area contributed by atoms with Crippen molar-refractivity contribution < 1.29 is 38.1 Å². The number of imide groups is 2. The number of hydrogen-bond acceptors (Lipinski definition) is 6. The minimum absolute atomic E-state index is 0.0994. The highest BCUT2D eigenvalue weighted by Crippen LogP contribution is 2.35. The van der Waals surface area contributed by atoms with Gasteiger partial charge in [0.05, 0.1) is 18.4 Å². The van der Waals surface area contributed by atoms with Gasteiger partial charge < -0.3 is 14.6 Å². The minimum Gasteiger partial charge on any atom is -0.493 e. The van der Waals surface area contributed by atoms with E-state index in [-0.39, 0.29) is 23.4 Å². The van der Waals surface area contributed by atoms with Crippen LogP contribution in [-0.4, -0.2) is 36.0 Å². The van der Waals surface area contributed by atoms with Crippen LogP contribution < -0.4 is 19.7 Å². The Balaban J connectivity index is 1.66. The number of rotatable bonds is 9. The molecule has 3 aromatic rings. The number of carboxylic acids is 1. The number of benzene rings is 3. The lowest BCUT2D eigenvalue weighted by molar-refractivity contribution is -0.122.